The van der Waals surface area contributed by atoms with Gasteiger partial charge >= 0.3 is 0 Å². The van der Waals surface area contributed by atoms with Gasteiger partial charge in [0.1, 0.15) is 5.75 Å². The molecular formula is C26H29N3O6. The van der Waals surface area contributed by atoms with Crippen LogP contribution in [0, 0.1) is 0 Å². The van der Waals surface area contributed by atoms with Gasteiger partial charge in [-0.15, -0.1) is 0 Å². The molecule has 9 nitrogen and oxygen atoms in total. The summed E-state index contributed by atoms with van der Waals surface area (Å²) in [6.45, 7) is 0.446. The van der Waals surface area contributed by atoms with Crippen molar-refractivity contribution >= 4 is 11.6 Å². The highest BCUT2D eigenvalue weighted by Gasteiger charge is 2.31. The minimum atomic E-state index is -0.695. The maximum Gasteiger partial charge on any atom is 0.290 e. The van der Waals surface area contributed by atoms with Crippen molar-refractivity contribution in [2.45, 2.75) is 31.5 Å². The number of benzene rings is 2. The van der Waals surface area contributed by atoms with Gasteiger partial charge in [0, 0.05) is 43.4 Å². The average Bonchev–Trinajstić information content (AvgIpc) is 3.17. The molecule has 0 aliphatic carbocycles. The van der Waals surface area contributed by atoms with E-state index in [1.807, 2.05) is 30.3 Å². The van der Waals surface area contributed by atoms with E-state index in [0.29, 0.717) is 31.6 Å². The van der Waals surface area contributed by atoms with E-state index in [-0.39, 0.29) is 29.6 Å². The number of amides is 1. The Morgan fingerprint density at radius 2 is 1.89 bits per heavy atom. The second-order valence-electron chi connectivity index (χ2n) is 8.30. The van der Waals surface area contributed by atoms with Crippen LogP contribution in [0.4, 0.5) is 5.69 Å². The van der Waals surface area contributed by atoms with Gasteiger partial charge in [-0.3, -0.25) is 14.3 Å². The number of carbonyl (C=O) groups excluding carboxylic acids is 1. The van der Waals surface area contributed by atoms with Crippen molar-refractivity contribution < 1.29 is 24.5 Å². The SMILES string of the molecule is Cn1c([C@@H]2C=C(C(=O)Nc3ccc(O)cc3)O[C@H](OCCCCO)C2)cc(=O)n1-c1ccccc1. The van der Waals surface area contributed by atoms with Crippen molar-refractivity contribution in [3.63, 3.8) is 0 Å². The number of hydrogen-bond donors (Lipinski definition) is 3. The van der Waals surface area contributed by atoms with Crippen molar-refractivity contribution in [2.24, 2.45) is 7.05 Å². The van der Waals surface area contributed by atoms with Gasteiger partial charge in [-0.1, -0.05) is 18.2 Å². The largest absolute Gasteiger partial charge is 0.508 e. The summed E-state index contributed by atoms with van der Waals surface area (Å²) in [6.07, 6.45) is 2.69. The van der Waals surface area contributed by atoms with Crippen molar-refractivity contribution in [2.75, 3.05) is 18.5 Å². The number of carbonyl (C=O) groups is 1. The van der Waals surface area contributed by atoms with Gasteiger partial charge in [0.05, 0.1) is 12.3 Å². The second-order valence-corrected chi connectivity index (χ2v) is 8.30. The van der Waals surface area contributed by atoms with Gasteiger partial charge in [0.15, 0.2) is 5.76 Å². The first kappa shape index (κ1) is 24.3. The Kier molecular flexibility index (Phi) is 7.69. The lowest BCUT2D eigenvalue weighted by molar-refractivity contribution is -0.143. The van der Waals surface area contributed by atoms with Crippen molar-refractivity contribution in [1.82, 2.24) is 9.36 Å². The van der Waals surface area contributed by atoms with Crippen LogP contribution in [-0.2, 0) is 21.3 Å². The highest BCUT2D eigenvalue weighted by atomic mass is 16.7. The minimum absolute atomic E-state index is 0.0762. The molecule has 9 heteroatoms. The summed E-state index contributed by atoms with van der Waals surface area (Å²) >= 11 is 0. The van der Waals surface area contributed by atoms with Crippen LogP contribution in [0.1, 0.15) is 30.9 Å². The van der Waals surface area contributed by atoms with E-state index in [4.69, 9.17) is 14.6 Å². The van der Waals surface area contributed by atoms with E-state index in [1.165, 1.54) is 12.1 Å². The fourth-order valence-electron chi connectivity index (χ4n) is 4.05. The Balaban J connectivity index is 1.62. The molecule has 1 aliphatic rings. The number of ether oxygens (including phenoxy) is 2. The molecule has 0 spiro atoms. The molecule has 0 fully saturated rings. The average molecular weight is 480 g/mol. The van der Waals surface area contributed by atoms with Crippen LogP contribution in [0.2, 0.25) is 0 Å². The summed E-state index contributed by atoms with van der Waals surface area (Å²) < 4.78 is 15.1. The Morgan fingerprint density at radius 1 is 1.14 bits per heavy atom. The number of phenolic OH excluding ortho intramolecular Hbond substituents is 1. The maximum atomic E-state index is 13.0. The molecule has 184 valence electrons. The number of nitrogens with zero attached hydrogens (tertiary/aromatic N) is 2. The Morgan fingerprint density at radius 3 is 2.60 bits per heavy atom. The molecule has 0 radical (unpaired) electrons. The number of anilines is 1. The van der Waals surface area contributed by atoms with Crippen LogP contribution >= 0.6 is 0 Å². The zero-order valence-electron chi connectivity index (χ0n) is 19.5. The highest BCUT2D eigenvalue weighted by Crippen LogP contribution is 2.32. The molecule has 4 rings (SSSR count). The Bertz CT molecular complexity index is 1230. The first-order valence-corrected chi connectivity index (χ1v) is 11.5. The van der Waals surface area contributed by atoms with Gasteiger partial charge in [0.25, 0.3) is 11.5 Å². The number of phenols is 1. The summed E-state index contributed by atoms with van der Waals surface area (Å²) in [6, 6.07) is 17.0. The van der Waals surface area contributed by atoms with Crippen molar-refractivity contribution in [3.8, 4) is 11.4 Å². The van der Waals surface area contributed by atoms with Gasteiger partial charge in [-0.2, -0.15) is 0 Å². The number of aromatic hydroxyl groups is 1. The first-order valence-electron chi connectivity index (χ1n) is 11.5. The quantitative estimate of drug-likeness (QED) is 0.321. The molecule has 1 aromatic heterocycles. The molecule has 1 aliphatic heterocycles. The van der Waals surface area contributed by atoms with Crippen LogP contribution in [0.5, 0.6) is 5.75 Å². The lowest BCUT2D eigenvalue weighted by Gasteiger charge is -2.29. The molecule has 0 unspecified atom stereocenters. The first-order chi connectivity index (χ1) is 17.0. The molecule has 1 amide bonds. The molecule has 3 aromatic rings. The number of aliphatic hydroxyl groups excluding tert-OH is 1. The van der Waals surface area contributed by atoms with Gasteiger partial charge in [-0.05, 0) is 55.3 Å². The van der Waals surface area contributed by atoms with Crippen LogP contribution in [0.3, 0.4) is 0 Å². The Labute approximate surface area is 202 Å². The van der Waals surface area contributed by atoms with E-state index in [2.05, 4.69) is 5.32 Å². The third-order valence-electron chi connectivity index (χ3n) is 5.80. The topological polar surface area (TPSA) is 115 Å². The van der Waals surface area contributed by atoms with E-state index in [0.717, 1.165) is 11.4 Å². The van der Waals surface area contributed by atoms with Gasteiger partial charge < -0.3 is 25.0 Å². The fraction of sp³-hybridized carbons (Fsp3) is 0.308. The second kappa shape index (κ2) is 11.1. The number of aromatic nitrogens is 2. The van der Waals surface area contributed by atoms with Crippen molar-refractivity contribution in [1.29, 1.82) is 0 Å². The maximum absolute atomic E-state index is 13.0. The smallest absolute Gasteiger partial charge is 0.290 e. The molecule has 2 heterocycles. The fourth-order valence-corrected chi connectivity index (χ4v) is 4.05. The predicted molar refractivity (Wildman–Crippen MR) is 130 cm³/mol. The van der Waals surface area contributed by atoms with Crippen molar-refractivity contribution in [3.05, 3.63) is 88.5 Å². The molecular weight excluding hydrogens is 450 g/mol. The number of rotatable bonds is 9. The molecule has 35 heavy (non-hydrogen) atoms. The van der Waals surface area contributed by atoms with Crippen LogP contribution < -0.4 is 10.9 Å². The van der Waals surface area contributed by atoms with E-state index < -0.39 is 12.2 Å². The number of para-hydroxylation sites is 1. The standard InChI is InChI=1S/C26H29N3O6/c1-28-22(17-24(32)29(28)20-7-3-2-4-8-20)18-15-23(35-25(16-18)34-14-6-5-13-30)26(33)27-19-9-11-21(31)12-10-19/h2-4,7-12,15,17-18,25,30-31H,5-6,13-14,16H2,1H3,(H,27,33)/t18-,25+/m1/s1. The number of aliphatic hydroxyl groups is 1. The summed E-state index contributed by atoms with van der Waals surface area (Å²) in [5, 5.41) is 21.3. The predicted octanol–water partition coefficient (Wildman–Crippen LogP) is 3.02. The van der Waals surface area contributed by atoms with Gasteiger partial charge in [0.2, 0.25) is 6.29 Å². The molecule has 0 bridgehead atoms. The lowest BCUT2D eigenvalue weighted by atomic mass is 9.97. The minimum Gasteiger partial charge on any atom is -0.508 e. The normalized spacial score (nSPS) is 17.5. The summed E-state index contributed by atoms with van der Waals surface area (Å²) in [4.78, 5) is 25.8. The molecule has 2 aromatic carbocycles. The van der Waals surface area contributed by atoms with Crippen LogP contribution in [0.25, 0.3) is 5.69 Å². The summed E-state index contributed by atoms with van der Waals surface area (Å²) in [7, 11) is 1.81. The number of nitrogens with one attached hydrogen (secondary N) is 1. The highest BCUT2D eigenvalue weighted by molar-refractivity contribution is 6.02. The van der Waals surface area contributed by atoms with E-state index in [9.17, 15) is 14.7 Å². The molecule has 0 saturated heterocycles. The number of allylic oxidation sites excluding steroid dienone is 1. The number of unbranched alkanes of at least 4 members (excludes halogenated alkanes) is 1. The van der Waals surface area contributed by atoms with Crippen LogP contribution in [0.15, 0.2) is 77.3 Å². The van der Waals surface area contributed by atoms with E-state index >= 15 is 0 Å². The zero-order chi connectivity index (χ0) is 24.8. The van der Waals surface area contributed by atoms with E-state index in [1.54, 1.807) is 40.7 Å². The summed E-state index contributed by atoms with van der Waals surface area (Å²) in [5.41, 5.74) is 1.79. The van der Waals surface area contributed by atoms with Gasteiger partial charge in [-0.25, -0.2) is 4.68 Å². The van der Waals surface area contributed by atoms with Crippen LogP contribution in [-0.4, -0.2) is 45.0 Å². The monoisotopic (exact) mass is 479 g/mol. The zero-order valence-corrected chi connectivity index (χ0v) is 19.5. The third kappa shape index (κ3) is 5.82. The number of hydrogen-bond acceptors (Lipinski definition) is 6. The Hall–Kier alpha value is -3.82. The molecule has 3 N–H and O–H groups in total. The lowest BCUT2D eigenvalue weighted by Crippen LogP contribution is -2.30. The summed E-state index contributed by atoms with van der Waals surface area (Å²) in [5.74, 6) is -0.593. The molecule has 0 saturated carbocycles. The molecule has 2 atom stereocenters. The third-order valence-corrected chi connectivity index (χ3v) is 5.80.